The van der Waals surface area contributed by atoms with Crippen LogP contribution in [0.3, 0.4) is 0 Å². The molecule has 0 unspecified atom stereocenters. The normalized spacial score (nSPS) is 27.8. The third-order valence-electron chi connectivity index (χ3n) is 3.91. The summed E-state index contributed by atoms with van der Waals surface area (Å²) in [5, 5.41) is 35.9. The van der Waals surface area contributed by atoms with Crippen LogP contribution in [0.2, 0.25) is 0 Å². The van der Waals surface area contributed by atoms with Crippen LogP contribution in [0.15, 0.2) is 24.9 Å². The summed E-state index contributed by atoms with van der Waals surface area (Å²) in [4.78, 5) is 12.7. The highest BCUT2D eigenvalue weighted by atomic mass is 16.6. The van der Waals surface area contributed by atoms with Crippen molar-refractivity contribution in [1.29, 1.82) is 0 Å². The molecule has 4 atom stereocenters. The van der Waals surface area contributed by atoms with Gasteiger partial charge in [0.15, 0.2) is 11.9 Å². The van der Waals surface area contributed by atoms with Gasteiger partial charge in [-0.15, -0.1) is 0 Å². The van der Waals surface area contributed by atoms with Crippen LogP contribution in [-0.4, -0.2) is 70.0 Å². The fourth-order valence-corrected chi connectivity index (χ4v) is 2.73. The maximum absolute atomic E-state index is 10.1. The van der Waals surface area contributed by atoms with Crippen molar-refractivity contribution < 1.29 is 20.1 Å². The van der Waals surface area contributed by atoms with E-state index in [0.717, 1.165) is 0 Å². The molecule has 0 spiro atoms. The summed E-state index contributed by atoms with van der Waals surface area (Å²) < 4.78 is 7.02. The van der Waals surface area contributed by atoms with E-state index in [9.17, 15) is 15.3 Å². The smallest absolute Gasteiger partial charge is 0.166 e. The summed E-state index contributed by atoms with van der Waals surface area (Å²) in [6, 6.07) is 1.76. The molecule has 4 N–H and O–H groups in total. The second kappa shape index (κ2) is 5.35. The summed E-state index contributed by atoms with van der Waals surface area (Å²) in [6.45, 7) is -0.393. The first-order valence-corrected chi connectivity index (χ1v) is 7.00. The zero-order valence-electron chi connectivity index (χ0n) is 11.8. The molecular weight excluding hydrogens is 304 g/mol. The van der Waals surface area contributed by atoms with Gasteiger partial charge in [-0.2, -0.15) is 5.10 Å². The van der Waals surface area contributed by atoms with Gasteiger partial charge in [0.05, 0.1) is 18.6 Å². The molecule has 0 amide bonds. The summed E-state index contributed by atoms with van der Waals surface area (Å²) >= 11 is 0. The molecule has 3 aromatic rings. The van der Waals surface area contributed by atoms with E-state index in [1.165, 1.54) is 17.2 Å². The Balaban J connectivity index is 1.80. The third kappa shape index (κ3) is 2.11. The number of fused-ring (bicyclic) bond motifs is 1. The van der Waals surface area contributed by atoms with Gasteiger partial charge in [0.2, 0.25) is 0 Å². The monoisotopic (exact) mass is 318 g/mol. The van der Waals surface area contributed by atoms with Gasteiger partial charge in [-0.3, -0.25) is 9.67 Å². The van der Waals surface area contributed by atoms with Crippen LogP contribution >= 0.6 is 0 Å². The predicted octanol–water partition coefficient (Wildman–Crippen LogP) is -1.17. The van der Waals surface area contributed by atoms with Crippen molar-refractivity contribution in [2.45, 2.75) is 24.5 Å². The van der Waals surface area contributed by atoms with Crippen molar-refractivity contribution >= 4 is 11.2 Å². The molecular formula is C13H14N6O4. The lowest BCUT2D eigenvalue weighted by molar-refractivity contribution is -0.0511. The molecule has 120 valence electrons. The highest BCUT2D eigenvalue weighted by Crippen LogP contribution is 2.32. The minimum Gasteiger partial charge on any atom is -0.394 e. The van der Waals surface area contributed by atoms with Gasteiger partial charge in [0, 0.05) is 6.20 Å². The van der Waals surface area contributed by atoms with Gasteiger partial charge in [-0.05, 0) is 6.07 Å². The average molecular weight is 318 g/mol. The van der Waals surface area contributed by atoms with Gasteiger partial charge in [0.25, 0.3) is 0 Å². The minimum atomic E-state index is -1.20. The van der Waals surface area contributed by atoms with Crippen molar-refractivity contribution in [3.63, 3.8) is 0 Å². The fraction of sp³-hybridized carbons (Fsp3) is 0.385. The van der Waals surface area contributed by atoms with Crippen LogP contribution in [0.5, 0.6) is 0 Å². The predicted molar refractivity (Wildman–Crippen MR) is 75.9 cm³/mol. The summed E-state index contributed by atoms with van der Waals surface area (Å²) in [5.41, 5.74) is 2.20. The van der Waals surface area contributed by atoms with Crippen molar-refractivity contribution in [2.75, 3.05) is 6.61 Å². The number of hydrogen-bond donors (Lipinski definition) is 4. The Kier molecular flexibility index (Phi) is 3.31. The number of aromatic nitrogens is 6. The van der Waals surface area contributed by atoms with Crippen LogP contribution in [0, 0.1) is 0 Å². The lowest BCUT2D eigenvalue weighted by Crippen LogP contribution is -2.33. The standard InChI is InChI=1S/C13H14N6O4/c20-3-7-10(21)11(22)13(23-7)19-5-16-9-8(6-1-2-17-18-6)14-4-15-12(9)19/h1-2,4-5,7,10-11,13,20-22H,3H2,(H,17,18)/t7-,10-,11-,13-/m1/s1. The quantitative estimate of drug-likeness (QED) is 0.473. The molecule has 1 aliphatic heterocycles. The first-order chi connectivity index (χ1) is 11.2. The van der Waals surface area contributed by atoms with E-state index in [2.05, 4.69) is 25.1 Å². The van der Waals surface area contributed by atoms with E-state index in [4.69, 9.17) is 4.74 Å². The molecule has 1 fully saturated rings. The van der Waals surface area contributed by atoms with Crippen molar-refractivity contribution in [1.82, 2.24) is 29.7 Å². The van der Waals surface area contributed by atoms with E-state index in [1.54, 1.807) is 12.3 Å². The van der Waals surface area contributed by atoms with Crippen molar-refractivity contribution in [3.05, 3.63) is 24.9 Å². The van der Waals surface area contributed by atoms with Crippen LogP contribution in [0.1, 0.15) is 6.23 Å². The average Bonchev–Trinajstić information content (AvgIpc) is 3.28. The van der Waals surface area contributed by atoms with E-state index >= 15 is 0 Å². The number of rotatable bonds is 3. The highest BCUT2D eigenvalue weighted by Gasteiger charge is 2.44. The molecule has 10 heteroatoms. The molecule has 1 aliphatic rings. The highest BCUT2D eigenvalue weighted by molar-refractivity contribution is 5.85. The van der Waals surface area contributed by atoms with Gasteiger partial charge in [-0.1, -0.05) is 0 Å². The Morgan fingerprint density at radius 3 is 2.78 bits per heavy atom. The fourth-order valence-electron chi connectivity index (χ4n) is 2.73. The van der Waals surface area contributed by atoms with Crippen LogP contribution in [0.25, 0.3) is 22.6 Å². The lowest BCUT2D eigenvalue weighted by Gasteiger charge is -2.16. The molecule has 0 saturated carbocycles. The zero-order valence-corrected chi connectivity index (χ0v) is 11.8. The second-order valence-electron chi connectivity index (χ2n) is 5.25. The van der Waals surface area contributed by atoms with Crippen molar-refractivity contribution in [2.24, 2.45) is 0 Å². The number of nitrogens with zero attached hydrogens (tertiary/aromatic N) is 5. The molecule has 0 bridgehead atoms. The first-order valence-electron chi connectivity index (χ1n) is 7.00. The van der Waals surface area contributed by atoms with Crippen LogP contribution in [0.4, 0.5) is 0 Å². The lowest BCUT2D eigenvalue weighted by atomic mass is 10.1. The van der Waals surface area contributed by atoms with Gasteiger partial charge >= 0.3 is 0 Å². The molecule has 10 nitrogen and oxygen atoms in total. The summed E-state index contributed by atoms with van der Waals surface area (Å²) in [7, 11) is 0. The Bertz CT molecular complexity index is 819. The van der Waals surface area contributed by atoms with Crippen molar-refractivity contribution in [3.8, 4) is 11.4 Å². The number of ether oxygens (including phenoxy) is 1. The maximum atomic E-state index is 10.1. The van der Waals surface area contributed by atoms with Gasteiger partial charge in [-0.25, -0.2) is 15.0 Å². The Labute approximate surface area is 129 Å². The Hall–Kier alpha value is -2.40. The topological polar surface area (TPSA) is 142 Å². The van der Waals surface area contributed by atoms with E-state index < -0.39 is 31.1 Å². The number of nitrogens with one attached hydrogen (secondary N) is 1. The van der Waals surface area contributed by atoms with Crippen LogP contribution < -0.4 is 0 Å². The molecule has 0 aromatic carbocycles. The number of aromatic amines is 1. The van der Waals surface area contributed by atoms with Gasteiger partial charge < -0.3 is 20.1 Å². The largest absolute Gasteiger partial charge is 0.394 e. The molecule has 23 heavy (non-hydrogen) atoms. The Morgan fingerprint density at radius 1 is 1.22 bits per heavy atom. The number of H-pyrrole nitrogens is 1. The number of hydrogen-bond acceptors (Lipinski definition) is 8. The maximum Gasteiger partial charge on any atom is 0.166 e. The number of aliphatic hydroxyl groups excluding tert-OH is 3. The number of imidazole rings is 1. The molecule has 4 heterocycles. The zero-order chi connectivity index (χ0) is 16.0. The molecule has 1 saturated heterocycles. The molecule has 0 radical (unpaired) electrons. The first kappa shape index (κ1) is 14.2. The Morgan fingerprint density at radius 2 is 2.09 bits per heavy atom. The molecule has 3 aromatic heterocycles. The second-order valence-corrected chi connectivity index (χ2v) is 5.25. The summed E-state index contributed by atoms with van der Waals surface area (Å²) in [6.07, 6.45) is 0.300. The van der Waals surface area contributed by atoms with E-state index in [-0.39, 0.29) is 0 Å². The van der Waals surface area contributed by atoms with E-state index in [1.807, 2.05) is 0 Å². The SMILES string of the molecule is OC[C@H]1O[C@@H](n2cnc3c(-c4ccn[nH]4)ncnc32)[C@H](O)[C@@H]1O. The number of aliphatic hydroxyl groups is 3. The van der Waals surface area contributed by atoms with E-state index in [0.29, 0.717) is 22.6 Å². The summed E-state index contributed by atoms with van der Waals surface area (Å²) in [5.74, 6) is 0. The molecule has 0 aliphatic carbocycles. The molecule has 4 rings (SSSR count). The minimum absolute atomic E-state index is 0.393. The third-order valence-corrected chi connectivity index (χ3v) is 3.91. The van der Waals surface area contributed by atoms with Gasteiger partial charge in [0.1, 0.15) is 35.8 Å². The van der Waals surface area contributed by atoms with Crippen LogP contribution in [-0.2, 0) is 4.74 Å².